The largest absolute Gasteiger partial charge is 0.339 e. The Morgan fingerprint density at radius 2 is 1.96 bits per heavy atom. The second-order valence-electron chi connectivity index (χ2n) is 6.91. The van der Waals surface area contributed by atoms with E-state index in [2.05, 4.69) is 22.5 Å². The van der Waals surface area contributed by atoms with Gasteiger partial charge in [-0.1, -0.05) is 36.8 Å². The summed E-state index contributed by atoms with van der Waals surface area (Å²) in [5.41, 5.74) is 2.18. The van der Waals surface area contributed by atoms with E-state index in [1.165, 1.54) is 19.3 Å². The smallest absolute Gasteiger partial charge is 0.244 e. The van der Waals surface area contributed by atoms with Gasteiger partial charge in [0.2, 0.25) is 5.91 Å². The van der Waals surface area contributed by atoms with Crippen LogP contribution in [0.3, 0.4) is 0 Å². The maximum absolute atomic E-state index is 12.7. The Morgan fingerprint density at radius 1 is 1.12 bits per heavy atom. The van der Waals surface area contributed by atoms with Crippen molar-refractivity contribution in [3.05, 3.63) is 42.7 Å². The quantitative estimate of drug-likeness (QED) is 0.942. The summed E-state index contributed by atoms with van der Waals surface area (Å²) in [6, 6.07) is 11.2. The highest BCUT2D eigenvalue weighted by Crippen LogP contribution is 2.21. The molecule has 126 valence electrons. The Kier molecular flexibility index (Phi) is 4.34. The summed E-state index contributed by atoms with van der Waals surface area (Å²) >= 11 is 0. The molecule has 0 radical (unpaired) electrons. The third-order valence-corrected chi connectivity index (χ3v) is 5.16. The van der Waals surface area contributed by atoms with E-state index in [0.717, 1.165) is 30.6 Å². The van der Waals surface area contributed by atoms with Crippen molar-refractivity contribution >= 4 is 5.91 Å². The maximum atomic E-state index is 12.7. The van der Waals surface area contributed by atoms with Gasteiger partial charge in [0.1, 0.15) is 6.54 Å². The van der Waals surface area contributed by atoms with E-state index in [4.69, 9.17) is 0 Å². The molecule has 1 amide bonds. The first-order valence-corrected chi connectivity index (χ1v) is 8.89. The molecule has 2 aromatic rings. The predicted octanol–water partition coefficient (Wildman–Crippen LogP) is 2.29. The monoisotopic (exact) mass is 324 g/mol. The Labute approximate surface area is 142 Å². The number of amides is 1. The number of benzene rings is 1. The highest BCUT2D eigenvalue weighted by Gasteiger charge is 2.29. The van der Waals surface area contributed by atoms with Crippen LogP contribution in [0.5, 0.6) is 0 Å². The number of carbonyl (C=O) groups excluding carboxylic acids is 1. The van der Waals surface area contributed by atoms with Crippen LogP contribution in [0.4, 0.5) is 0 Å². The van der Waals surface area contributed by atoms with Crippen molar-refractivity contribution in [1.82, 2.24) is 20.0 Å². The van der Waals surface area contributed by atoms with Gasteiger partial charge in [0.05, 0.1) is 6.20 Å². The molecule has 2 unspecified atom stereocenters. The average molecular weight is 324 g/mol. The van der Waals surface area contributed by atoms with Crippen LogP contribution >= 0.6 is 0 Å². The molecule has 2 aliphatic heterocycles. The summed E-state index contributed by atoms with van der Waals surface area (Å²) in [5.74, 6) is 0.173. The first kappa shape index (κ1) is 15.4. The van der Waals surface area contributed by atoms with Crippen molar-refractivity contribution in [3.63, 3.8) is 0 Å². The molecular weight excluding hydrogens is 300 g/mol. The minimum Gasteiger partial charge on any atom is -0.339 e. The Hall–Kier alpha value is -2.14. The van der Waals surface area contributed by atoms with Gasteiger partial charge in [-0.25, -0.2) is 0 Å². The minimum absolute atomic E-state index is 0.173. The van der Waals surface area contributed by atoms with Crippen LogP contribution in [0.25, 0.3) is 11.1 Å². The van der Waals surface area contributed by atoms with E-state index in [-0.39, 0.29) is 5.91 Å². The number of rotatable bonds is 3. The van der Waals surface area contributed by atoms with E-state index in [1.54, 1.807) is 4.68 Å². The molecule has 2 aliphatic rings. The Morgan fingerprint density at radius 3 is 2.83 bits per heavy atom. The Bertz CT molecular complexity index is 696. The molecule has 0 spiro atoms. The molecule has 2 bridgehead atoms. The fraction of sp³-hybridized carbons (Fsp3) is 0.474. The van der Waals surface area contributed by atoms with E-state index < -0.39 is 0 Å². The molecule has 24 heavy (non-hydrogen) atoms. The van der Waals surface area contributed by atoms with Crippen molar-refractivity contribution in [1.29, 1.82) is 0 Å². The molecule has 1 aromatic carbocycles. The van der Waals surface area contributed by atoms with E-state index in [0.29, 0.717) is 18.6 Å². The van der Waals surface area contributed by atoms with Crippen LogP contribution in [0.2, 0.25) is 0 Å². The molecule has 2 fully saturated rings. The normalized spacial score (nSPS) is 23.8. The lowest BCUT2D eigenvalue weighted by Gasteiger charge is -2.28. The summed E-state index contributed by atoms with van der Waals surface area (Å²) in [5, 5.41) is 8.04. The second-order valence-corrected chi connectivity index (χ2v) is 6.91. The molecule has 0 saturated carbocycles. The first-order valence-electron chi connectivity index (χ1n) is 8.89. The topological polar surface area (TPSA) is 50.2 Å². The van der Waals surface area contributed by atoms with Crippen LogP contribution < -0.4 is 5.32 Å². The summed E-state index contributed by atoms with van der Waals surface area (Å²) in [6.45, 7) is 2.02. The lowest BCUT2D eigenvalue weighted by atomic mass is 9.98. The molecule has 2 saturated heterocycles. The molecule has 1 aromatic heterocycles. The highest BCUT2D eigenvalue weighted by molar-refractivity contribution is 5.76. The van der Waals surface area contributed by atoms with Gasteiger partial charge in [-0.05, 0) is 24.8 Å². The molecule has 5 heteroatoms. The molecule has 2 atom stereocenters. The van der Waals surface area contributed by atoms with Crippen LogP contribution in [0.1, 0.15) is 25.7 Å². The van der Waals surface area contributed by atoms with E-state index in [9.17, 15) is 4.79 Å². The zero-order valence-corrected chi connectivity index (χ0v) is 13.9. The number of nitrogens with one attached hydrogen (secondary N) is 1. The molecule has 5 nitrogen and oxygen atoms in total. The average Bonchev–Trinajstić information content (AvgIpc) is 3.02. The van der Waals surface area contributed by atoms with Gasteiger partial charge in [0.15, 0.2) is 0 Å². The molecular formula is C19H24N4O. The number of piperidine rings is 1. The van der Waals surface area contributed by atoms with Gasteiger partial charge >= 0.3 is 0 Å². The zero-order chi connectivity index (χ0) is 16.4. The van der Waals surface area contributed by atoms with Crippen LogP contribution in [-0.4, -0.2) is 45.8 Å². The Balaban J connectivity index is 1.42. The lowest BCUT2D eigenvalue weighted by Crippen LogP contribution is -2.45. The maximum Gasteiger partial charge on any atom is 0.244 e. The van der Waals surface area contributed by atoms with Gasteiger partial charge in [-0.3, -0.25) is 9.48 Å². The fourth-order valence-corrected chi connectivity index (χ4v) is 3.85. The van der Waals surface area contributed by atoms with Gasteiger partial charge in [-0.2, -0.15) is 5.10 Å². The van der Waals surface area contributed by atoms with Crippen molar-refractivity contribution < 1.29 is 4.79 Å². The number of nitrogens with zero attached hydrogens (tertiary/aromatic N) is 3. The summed E-state index contributed by atoms with van der Waals surface area (Å²) < 4.78 is 1.76. The van der Waals surface area contributed by atoms with Crippen LogP contribution in [0.15, 0.2) is 42.7 Å². The van der Waals surface area contributed by atoms with Crippen molar-refractivity contribution in [2.75, 3.05) is 13.1 Å². The third-order valence-electron chi connectivity index (χ3n) is 5.16. The second kappa shape index (κ2) is 6.77. The van der Waals surface area contributed by atoms with Crippen molar-refractivity contribution in [2.24, 2.45) is 0 Å². The summed E-state index contributed by atoms with van der Waals surface area (Å²) in [7, 11) is 0. The lowest BCUT2D eigenvalue weighted by molar-refractivity contribution is -0.132. The van der Waals surface area contributed by atoms with E-state index >= 15 is 0 Å². The first-order chi connectivity index (χ1) is 11.8. The predicted molar refractivity (Wildman–Crippen MR) is 93.4 cm³/mol. The SMILES string of the molecule is O=C(Cn1cc(-c2ccccc2)cn1)N1CCC2CCCC(C1)N2. The molecule has 0 aliphatic carbocycles. The minimum atomic E-state index is 0.173. The molecule has 3 heterocycles. The number of hydrogen-bond donors (Lipinski definition) is 1. The standard InChI is InChI=1S/C19H24N4O/c24-19(22-10-9-17-7-4-8-18(13-22)21-17)14-23-12-16(11-20-23)15-5-2-1-3-6-15/h1-3,5-6,11-12,17-18,21H,4,7-10,13-14H2. The van der Waals surface area contributed by atoms with Gasteiger partial charge < -0.3 is 10.2 Å². The zero-order valence-electron chi connectivity index (χ0n) is 13.9. The summed E-state index contributed by atoms with van der Waals surface area (Å²) in [6.07, 6.45) is 8.57. The fourth-order valence-electron chi connectivity index (χ4n) is 3.85. The number of hydrogen-bond acceptors (Lipinski definition) is 3. The number of aromatic nitrogens is 2. The number of fused-ring (bicyclic) bond motifs is 2. The van der Waals surface area contributed by atoms with Crippen molar-refractivity contribution in [2.45, 2.75) is 44.3 Å². The molecule has 1 N–H and O–H groups in total. The van der Waals surface area contributed by atoms with Gasteiger partial charge in [0.25, 0.3) is 0 Å². The van der Waals surface area contributed by atoms with Crippen molar-refractivity contribution in [3.8, 4) is 11.1 Å². The van der Waals surface area contributed by atoms with Crippen LogP contribution in [-0.2, 0) is 11.3 Å². The van der Waals surface area contributed by atoms with Gasteiger partial charge in [-0.15, -0.1) is 0 Å². The molecule has 4 rings (SSSR count). The van der Waals surface area contributed by atoms with Crippen LogP contribution in [0, 0.1) is 0 Å². The van der Waals surface area contributed by atoms with Gasteiger partial charge in [0, 0.05) is 36.9 Å². The number of carbonyl (C=O) groups is 1. The van der Waals surface area contributed by atoms with E-state index in [1.807, 2.05) is 35.5 Å². The summed E-state index contributed by atoms with van der Waals surface area (Å²) in [4.78, 5) is 14.7. The third kappa shape index (κ3) is 3.36. The highest BCUT2D eigenvalue weighted by atomic mass is 16.2.